The van der Waals surface area contributed by atoms with Gasteiger partial charge in [0.05, 0.1) is 6.54 Å². The van der Waals surface area contributed by atoms with Gasteiger partial charge in [-0.2, -0.15) is 0 Å². The second kappa shape index (κ2) is 7.85. The van der Waals surface area contributed by atoms with Gasteiger partial charge in [-0.25, -0.2) is 0 Å². The minimum atomic E-state index is -0.385. The van der Waals surface area contributed by atoms with Gasteiger partial charge in [-0.05, 0) is 65.6 Å². The molecule has 0 spiro atoms. The zero-order valence-electron chi connectivity index (χ0n) is 13.0. The van der Waals surface area contributed by atoms with Crippen LogP contribution in [0.5, 0.6) is 0 Å². The van der Waals surface area contributed by atoms with Gasteiger partial charge in [-0.15, -0.1) is 0 Å². The number of rotatable bonds is 6. The summed E-state index contributed by atoms with van der Waals surface area (Å²) in [5.41, 5.74) is -0.385. The van der Waals surface area contributed by atoms with Gasteiger partial charge >= 0.3 is 5.97 Å². The van der Waals surface area contributed by atoms with E-state index in [1.807, 2.05) is 20.8 Å². The van der Waals surface area contributed by atoms with Crippen molar-refractivity contribution in [2.75, 3.05) is 32.7 Å². The number of ether oxygens (including phenoxy) is 1. The minimum absolute atomic E-state index is 0.102. The molecule has 0 bridgehead atoms. The Morgan fingerprint density at radius 2 is 1.95 bits per heavy atom. The van der Waals surface area contributed by atoms with Crippen molar-refractivity contribution < 1.29 is 9.53 Å². The Bertz CT molecular complexity index is 268. The van der Waals surface area contributed by atoms with E-state index in [1.54, 1.807) is 0 Å². The third-order valence-electron chi connectivity index (χ3n) is 3.29. The Morgan fingerprint density at radius 3 is 2.47 bits per heavy atom. The van der Waals surface area contributed by atoms with E-state index < -0.39 is 0 Å². The number of nitrogens with one attached hydrogen (secondary N) is 1. The fourth-order valence-corrected chi connectivity index (χ4v) is 2.54. The first-order chi connectivity index (χ1) is 8.90. The van der Waals surface area contributed by atoms with Crippen molar-refractivity contribution in [1.29, 1.82) is 0 Å². The van der Waals surface area contributed by atoms with Crippen LogP contribution in [0, 0.1) is 5.92 Å². The van der Waals surface area contributed by atoms with Crippen molar-refractivity contribution in [3.63, 3.8) is 0 Å². The molecule has 0 aromatic heterocycles. The van der Waals surface area contributed by atoms with E-state index in [0.717, 1.165) is 38.5 Å². The van der Waals surface area contributed by atoms with Crippen LogP contribution in [0.4, 0.5) is 0 Å². The zero-order valence-corrected chi connectivity index (χ0v) is 13.0. The average Bonchev–Trinajstić information content (AvgIpc) is 2.27. The van der Waals surface area contributed by atoms with Crippen LogP contribution >= 0.6 is 0 Å². The summed E-state index contributed by atoms with van der Waals surface area (Å²) in [6, 6.07) is 0. The van der Waals surface area contributed by atoms with E-state index in [2.05, 4.69) is 17.1 Å². The minimum Gasteiger partial charge on any atom is -0.459 e. The standard InChI is InChI=1S/C15H30N2O2/c1-5-10-17(11-13-6-8-16-9-7-13)12-14(18)19-15(2,3)4/h13,16H,5-12H2,1-4H3. The van der Waals surface area contributed by atoms with Crippen molar-refractivity contribution in [2.45, 2.75) is 52.6 Å². The van der Waals surface area contributed by atoms with Crippen LogP contribution < -0.4 is 5.32 Å². The van der Waals surface area contributed by atoms with Crippen LogP contribution in [0.15, 0.2) is 0 Å². The molecule has 1 N–H and O–H groups in total. The monoisotopic (exact) mass is 270 g/mol. The molecule has 19 heavy (non-hydrogen) atoms. The van der Waals surface area contributed by atoms with Crippen molar-refractivity contribution in [3.8, 4) is 0 Å². The van der Waals surface area contributed by atoms with Gasteiger partial charge in [0.2, 0.25) is 0 Å². The second-order valence-corrected chi connectivity index (χ2v) is 6.51. The lowest BCUT2D eigenvalue weighted by Crippen LogP contribution is -2.40. The van der Waals surface area contributed by atoms with E-state index in [9.17, 15) is 4.79 Å². The molecule has 112 valence electrons. The molecule has 0 atom stereocenters. The summed E-state index contributed by atoms with van der Waals surface area (Å²) in [6.07, 6.45) is 3.51. The molecule has 1 aliphatic rings. The molecule has 4 heteroatoms. The lowest BCUT2D eigenvalue weighted by Gasteiger charge is -2.30. The normalized spacial score (nSPS) is 17.7. The van der Waals surface area contributed by atoms with Gasteiger partial charge in [-0.1, -0.05) is 6.92 Å². The third-order valence-corrected chi connectivity index (χ3v) is 3.29. The summed E-state index contributed by atoms with van der Waals surface area (Å²) in [6.45, 7) is 12.6. The maximum absolute atomic E-state index is 11.9. The van der Waals surface area contributed by atoms with Crippen molar-refractivity contribution >= 4 is 5.97 Å². The Balaban J connectivity index is 2.40. The Morgan fingerprint density at radius 1 is 1.32 bits per heavy atom. The number of piperidine rings is 1. The average molecular weight is 270 g/mol. The highest BCUT2D eigenvalue weighted by Gasteiger charge is 2.21. The summed E-state index contributed by atoms with van der Waals surface area (Å²) < 4.78 is 5.41. The molecule has 1 fully saturated rings. The van der Waals surface area contributed by atoms with E-state index in [4.69, 9.17) is 4.74 Å². The van der Waals surface area contributed by atoms with Crippen molar-refractivity contribution in [2.24, 2.45) is 5.92 Å². The van der Waals surface area contributed by atoms with E-state index in [1.165, 1.54) is 12.8 Å². The summed E-state index contributed by atoms with van der Waals surface area (Å²) >= 11 is 0. The number of hydrogen-bond donors (Lipinski definition) is 1. The third kappa shape index (κ3) is 7.53. The maximum Gasteiger partial charge on any atom is 0.320 e. The lowest BCUT2D eigenvalue weighted by atomic mass is 9.97. The molecule has 0 aliphatic carbocycles. The van der Waals surface area contributed by atoms with Gasteiger partial charge in [-0.3, -0.25) is 9.69 Å². The number of carbonyl (C=O) groups excluding carboxylic acids is 1. The number of nitrogens with zero attached hydrogens (tertiary/aromatic N) is 1. The topological polar surface area (TPSA) is 41.6 Å². The molecule has 4 nitrogen and oxygen atoms in total. The lowest BCUT2D eigenvalue weighted by molar-refractivity contribution is -0.156. The highest BCUT2D eigenvalue weighted by Crippen LogP contribution is 2.14. The van der Waals surface area contributed by atoms with Crippen LogP contribution in [-0.2, 0) is 9.53 Å². The van der Waals surface area contributed by atoms with Crippen LogP contribution in [-0.4, -0.2) is 49.2 Å². The SMILES string of the molecule is CCCN(CC(=O)OC(C)(C)C)CC1CCNCC1. The molecule has 1 aliphatic heterocycles. The number of hydrogen-bond acceptors (Lipinski definition) is 4. The smallest absolute Gasteiger partial charge is 0.320 e. The van der Waals surface area contributed by atoms with Gasteiger partial charge in [0.1, 0.15) is 5.60 Å². The second-order valence-electron chi connectivity index (χ2n) is 6.51. The van der Waals surface area contributed by atoms with E-state index in [-0.39, 0.29) is 11.6 Å². The fraction of sp³-hybridized carbons (Fsp3) is 0.933. The predicted molar refractivity (Wildman–Crippen MR) is 78.2 cm³/mol. The van der Waals surface area contributed by atoms with Gasteiger partial charge in [0.25, 0.3) is 0 Å². The molecule has 0 aromatic rings. The zero-order chi connectivity index (χ0) is 14.3. The fourth-order valence-electron chi connectivity index (χ4n) is 2.54. The predicted octanol–water partition coefficient (Wildman–Crippen LogP) is 2.04. The number of esters is 1. The van der Waals surface area contributed by atoms with E-state index in [0.29, 0.717) is 6.54 Å². The Labute approximate surface area is 117 Å². The number of carbonyl (C=O) groups is 1. The first-order valence-electron chi connectivity index (χ1n) is 7.55. The molecular weight excluding hydrogens is 240 g/mol. The largest absolute Gasteiger partial charge is 0.459 e. The van der Waals surface area contributed by atoms with Crippen LogP contribution in [0.1, 0.15) is 47.0 Å². The quantitative estimate of drug-likeness (QED) is 0.750. The summed E-state index contributed by atoms with van der Waals surface area (Å²) in [7, 11) is 0. The molecule has 1 heterocycles. The molecule has 0 radical (unpaired) electrons. The summed E-state index contributed by atoms with van der Waals surface area (Å²) in [5.74, 6) is 0.616. The molecular formula is C15H30N2O2. The van der Waals surface area contributed by atoms with Crippen molar-refractivity contribution in [3.05, 3.63) is 0 Å². The molecule has 0 unspecified atom stereocenters. The van der Waals surface area contributed by atoms with Crippen LogP contribution in [0.2, 0.25) is 0 Å². The molecule has 0 saturated carbocycles. The summed E-state index contributed by atoms with van der Waals surface area (Å²) in [5, 5.41) is 3.38. The first-order valence-corrected chi connectivity index (χ1v) is 7.55. The van der Waals surface area contributed by atoms with Gasteiger partial charge in [0, 0.05) is 6.54 Å². The maximum atomic E-state index is 11.9. The Hall–Kier alpha value is -0.610. The molecule has 1 rings (SSSR count). The van der Waals surface area contributed by atoms with Crippen molar-refractivity contribution in [1.82, 2.24) is 10.2 Å². The van der Waals surface area contributed by atoms with Crippen LogP contribution in [0.25, 0.3) is 0 Å². The molecule has 1 saturated heterocycles. The van der Waals surface area contributed by atoms with Gasteiger partial charge in [0.15, 0.2) is 0 Å². The first kappa shape index (κ1) is 16.4. The molecule has 0 amide bonds. The Kier molecular flexibility index (Phi) is 6.80. The highest BCUT2D eigenvalue weighted by atomic mass is 16.6. The van der Waals surface area contributed by atoms with Gasteiger partial charge < -0.3 is 10.1 Å². The molecule has 0 aromatic carbocycles. The summed E-state index contributed by atoms with van der Waals surface area (Å²) in [4.78, 5) is 14.2. The van der Waals surface area contributed by atoms with Crippen LogP contribution in [0.3, 0.4) is 0 Å². The highest BCUT2D eigenvalue weighted by molar-refractivity contribution is 5.72. The van der Waals surface area contributed by atoms with E-state index >= 15 is 0 Å².